The van der Waals surface area contributed by atoms with Crippen molar-refractivity contribution in [2.45, 2.75) is 31.8 Å². The first kappa shape index (κ1) is 26.3. The lowest BCUT2D eigenvalue weighted by Gasteiger charge is -2.19. The van der Waals surface area contributed by atoms with E-state index in [1.54, 1.807) is 42.6 Å². The van der Waals surface area contributed by atoms with Gasteiger partial charge in [0, 0.05) is 29.9 Å². The van der Waals surface area contributed by atoms with E-state index in [0.717, 1.165) is 11.3 Å². The number of para-hydroxylation sites is 1. The minimum atomic E-state index is -1.21. The number of nitrogens with zero attached hydrogens (tertiary/aromatic N) is 5. The molecule has 0 saturated heterocycles. The highest BCUT2D eigenvalue weighted by atomic mass is 16.4. The summed E-state index contributed by atoms with van der Waals surface area (Å²) in [4.78, 5) is 55.8. The summed E-state index contributed by atoms with van der Waals surface area (Å²) in [7, 11) is 0. The Morgan fingerprint density at radius 1 is 1.05 bits per heavy atom. The molecule has 4 aromatic rings. The van der Waals surface area contributed by atoms with Crippen molar-refractivity contribution in [3.63, 3.8) is 0 Å². The van der Waals surface area contributed by atoms with Crippen molar-refractivity contribution in [1.82, 2.24) is 25.3 Å². The minimum Gasteiger partial charge on any atom is -0.480 e. The number of amides is 2. The van der Waals surface area contributed by atoms with Gasteiger partial charge in [-0.15, -0.1) is 0 Å². The molecule has 0 spiro atoms. The maximum Gasteiger partial charge on any atom is 0.326 e. The van der Waals surface area contributed by atoms with Crippen LogP contribution in [0.1, 0.15) is 34.5 Å². The first-order valence-corrected chi connectivity index (χ1v) is 12.6. The fraction of sp³-hybridized carbons (Fsp3) is 0.222. The number of benzene rings is 2. The molecule has 0 saturated carbocycles. The normalized spacial score (nSPS) is 13.1. The Labute approximate surface area is 228 Å². The molecule has 0 unspecified atom stereocenters. The molecule has 40 heavy (non-hydrogen) atoms. The molecule has 5 rings (SSSR count). The van der Waals surface area contributed by atoms with Gasteiger partial charge in [0.25, 0.3) is 5.91 Å². The number of nitrogen functional groups attached to an aromatic ring is 2. The lowest BCUT2D eigenvalue weighted by molar-refractivity contribution is -0.139. The summed E-state index contributed by atoms with van der Waals surface area (Å²) in [6.45, 7) is 1.15. The first-order chi connectivity index (χ1) is 19.3. The summed E-state index contributed by atoms with van der Waals surface area (Å²) in [6, 6.07) is 12.9. The number of aromatic nitrogens is 4. The van der Waals surface area contributed by atoms with Crippen LogP contribution < -0.4 is 27.0 Å². The van der Waals surface area contributed by atoms with E-state index >= 15 is 0 Å². The Balaban J connectivity index is 1.22. The monoisotopic (exact) mass is 541 g/mol. The fourth-order valence-corrected chi connectivity index (χ4v) is 4.55. The predicted octanol–water partition coefficient (Wildman–Crippen LogP) is 1.75. The first-order valence-electron chi connectivity index (χ1n) is 12.6. The molecular formula is C27H27N9O4. The highest BCUT2D eigenvalue weighted by molar-refractivity contribution is 5.97. The standard InChI is InChI=1S/C27H27N9O4/c28-23-22-24(35-27(29)34-23)30-13-18(32-22)14-36-11-10-15-12-16(6-8-20(15)36)25(38)33-19(26(39)40)7-9-21(37)31-17-4-2-1-3-5-17/h1-6,8,12-13,19H,7,9-11,14H2,(H,31,37)(H,33,38)(H,39,40)(H4,28,29,30,34,35)/t19-/m0/s1. The molecule has 204 valence electrons. The van der Waals surface area contributed by atoms with E-state index in [-0.39, 0.29) is 30.5 Å². The van der Waals surface area contributed by atoms with Gasteiger partial charge in [0.2, 0.25) is 11.9 Å². The van der Waals surface area contributed by atoms with Gasteiger partial charge < -0.3 is 32.1 Å². The van der Waals surface area contributed by atoms with Crippen molar-refractivity contribution in [2.24, 2.45) is 0 Å². The smallest absolute Gasteiger partial charge is 0.326 e. The van der Waals surface area contributed by atoms with Crippen molar-refractivity contribution in [3.05, 3.63) is 71.5 Å². The third kappa shape index (κ3) is 5.88. The van der Waals surface area contributed by atoms with Crippen LogP contribution in [0.5, 0.6) is 0 Å². The van der Waals surface area contributed by atoms with E-state index in [1.807, 2.05) is 12.1 Å². The molecule has 1 atom stereocenters. The number of aliphatic carboxylic acids is 1. The van der Waals surface area contributed by atoms with Crippen LogP contribution in [0.3, 0.4) is 0 Å². The van der Waals surface area contributed by atoms with E-state index in [2.05, 4.69) is 35.5 Å². The van der Waals surface area contributed by atoms with Crippen molar-refractivity contribution in [2.75, 3.05) is 28.2 Å². The number of carboxylic acid groups (broad SMARTS) is 1. The number of carbonyl (C=O) groups excluding carboxylic acids is 2. The zero-order valence-electron chi connectivity index (χ0n) is 21.4. The Bertz CT molecular complexity index is 1600. The average Bonchev–Trinajstić information content (AvgIpc) is 3.33. The third-order valence-corrected chi connectivity index (χ3v) is 6.51. The van der Waals surface area contributed by atoms with Gasteiger partial charge in [0.15, 0.2) is 17.0 Å². The molecule has 13 heteroatoms. The Kier molecular flexibility index (Phi) is 7.35. The van der Waals surface area contributed by atoms with Gasteiger partial charge in [0.1, 0.15) is 6.04 Å². The highest BCUT2D eigenvalue weighted by Crippen LogP contribution is 2.30. The van der Waals surface area contributed by atoms with E-state index in [4.69, 9.17) is 11.5 Å². The zero-order valence-corrected chi connectivity index (χ0v) is 21.4. The summed E-state index contributed by atoms with van der Waals surface area (Å²) >= 11 is 0. The van der Waals surface area contributed by atoms with Gasteiger partial charge in [-0.05, 0) is 48.7 Å². The molecular weight excluding hydrogens is 514 g/mol. The largest absolute Gasteiger partial charge is 0.480 e. The second-order valence-corrected chi connectivity index (χ2v) is 9.33. The quantitative estimate of drug-likeness (QED) is 0.206. The van der Waals surface area contributed by atoms with Gasteiger partial charge in [-0.3, -0.25) is 9.59 Å². The number of nitrogens with one attached hydrogen (secondary N) is 2. The minimum absolute atomic E-state index is 0.0311. The maximum absolute atomic E-state index is 12.9. The number of carbonyl (C=O) groups is 3. The number of fused-ring (bicyclic) bond motifs is 2. The van der Waals surface area contributed by atoms with Gasteiger partial charge >= 0.3 is 5.97 Å². The van der Waals surface area contributed by atoms with E-state index < -0.39 is 17.9 Å². The Morgan fingerprint density at radius 3 is 2.62 bits per heavy atom. The topological polar surface area (TPSA) is 202 Å². The van der Waals surface area contributed by atoms with Crippen LogP contribution in [-0.4, -0.2) is 55.4 Å². The molecule has 3 heterocycles. The molecule has 0 bridgehead atoms. The molecule has 0 fully saturated rings. The summed E-state index contributed by atoms with van der Waals surface area (Å²) in [6.07, 6.45) is 2.20. The Morgan fingerprint density at radius 2 is 1.85 bits per heavy atom. The van der Waals surface area contributed by atoms with E-state index in [1.165, 1.54) is 0 Å². The highest BCUT2D eigenvalue weighted by Gasteiger charge is 2.25. The number of nitrogens with two attached hydrogens (primary N) is 2. The van der Waals surface area contributed by atoms with Crippen LogP contribution in [0.4, 0.5) is 23.1 Å². The van der Waals surface area contributed by atoms with Crippen LogP contribution in [0.15, 0.2) is 54.7 Å². The number of anilines is 4. The molecule has 1 aliphatic heterocycles. The lowest BCUT2D eigenvalue weighted by Crippen LogP contribution is -2.41. The van der Waals surface area contributed by atoms with Crippen LogP contribution in [-0.2, 0) is 22.6 Å². The van der Waals surface area contributed by atoms with E-state index in [0.29, 0.717) is 47.6 Å². The predicted molar refractivity (Wildman–Crippen MR) is 148 cm³/mol. The van der Waals surface area contributed by atoms with Crippen LogP contribution in [0.25, 0.3) is 11.2 Å². The molecule has 1 aliphatic rings. The van der Waals surface area contributed by atoms with Gasteiger partial charge in [-0.2, -0.15) is 9.97 Å². The van der Waals surface area contributed by atoms with Gasteiger partial charge in [-0.1, -0.05) is 18.2 Å². The number of carboxylic acids is 1. The number of hydrogen-bond acceptors (Lipinski definition) is 10. The van der Waals surface area contributed by atoms with E-state index in [9.17, 15) is 19.5 Å². The molecule has 7 N–H and O–H groups in total. The number of rotatable bonds is 9. The average molecular weight is 542 g/mol. The van der Waals surface area contributed by atoms with Crippen molar-refractivity contribution >= 4 is 52.1 Å². The fourth-order valence-electron chi connectivity index (χ4n) is 4.55. The summed E-state index contributed by atoms with van der Waals surface area (Å²) in [5, 5.41) is 14.9. The number of hydrogen-bond donors (Lipinski definition) is 5. The molecule has 0 radical (unpaired) electrons. The summed E-state index contributed by atoms with van der Waals surface area (Å²) < 4.78 is 0. The maximum atomic E-state index is 12.9. The van der Waals surface area contributed by atoms with Crippen molar-refractivity contribution < 1.29 is 19.5 Å². The third-order valence-electron chi connectivity index (χ3n) is 6.51. The second kappa shape index (κ2) is 11.2. The Hall–Kier alpha value is -5.33. The lowest BCUT2D eigenvalue weighted by atomic mass is 10.1. The van der Waals surface area contributed by atoms with Crippen LogP contribution in [0, 0.1) is 0 Å². The molecule has 0 aliphatic carbocycles. The summed E-state index contributed by atoms with van der Waals surface area (Å²) in [5.74, 6) is -1.88. The molecule has 2 amide bonds. The summed E-state index contributed by atoms with van der Waals surface area (Å²) in [5.41, 5.74) is 15.8. The van der Waals surface area contributed by atoms with Gasteiger partial charge in [-0.25, -0.2) is 14.8 Å². The molecule has 2 aromatic carbocycles. The van der Waals surface area contributed by atoms with Crippen LogP contribution >= 0.6 is 0 Å². The SMILES string of the molecule is Nc1nc(N)c2nc(CN3CCc4cc(C(=O)N[C@@H](CCC(=O)Nc5ccccc5)C(=O)O)ccc43)cnc2n1. The van der Waals surface area contributed by atoms with Gasteiger partial charge in [0.05, 0.1) is 18.4 Å². The zero-order chi connectivity index (χ0) is 28.2. The molecule has 2 aromatic heterocycles. The van der Waals surface area contributed by atoms with Crippen molar-refractivity contribution in [3.8, 4) is 0 Å². The van der Waals surface area contributed by atoms with Crippen molar-refractivity contribution in [1.29, 1.82) is 0 Å². The molecule has 13 nitrogen and oxygen atoms in total. The van der Waals surface area contributed by atoms with Crippen LogP contribution in [0.2, 0.25) is 0 Å². The second-order valence-electron chi connectivity index (χ2n) is 9.33.